The molecule has 4 rings (SSSR count). The van der Waals surface area contributed by atoms with E-state index in [1.54, 1.807) is 0 Å². The lowest BCUT2D eigenvalue weighted by molar-refractivity contribution is -0.123. The van der Waals surface area contributed by atoms with Gasteiger partial charge in [0.2, 0.25) is 0 Å². The van der Waals surface area contributed by atoms with Gasteiger partial charge in [0, 0.05) is 25.3 Å². The van der Waals surface area contributed by atoms with Crippen LogP contribution >= 0.6 is 11.8 Å². The molecule has 0 atom stereocenters. The molecule has 150 valence electrons. The van der Waals surface area contributed by atoms with Crippen molar-refractivity contribution < 1.29 is 9.59 Å². The molecule has 0 N–H and O–H groups in total. The number of imide groups is 1. The SMILES string of the molecule is Cc1cc(N2CCCCC2)ccc1/C=C1/SC(=O)N(CC2CCCCC2)C1=O. The summed E-state index contributed by atoms with van der Waals surface area (Å²) in [7, 11) is 0. The van der Waals surface area contributed by atoms with Gasteiger partial charge in [-0.15, -0.1) is 0 Å². The first kappa shape index (κ1) is 19.6. The van der Waals surface area contributed by atoms with E-state index in [1.807, 2.05) is 6.08 Å². The first-order valence-electron chi connectivity index (χ1n) is 10.7. The molecule has 2 amide bonds. The third-order valence-corrected chi connectivity index (χ3v) is 7.21. The van der Waals surface area contributed by atoms with Crippen LogP contribution < -0.4 is 4.90 Å². The Morgan fingerprint density at radius 2 is 1.75 bits per heavy atom. The van der Waals surface area contributed by atoms with Crippen molar-refractivity contribution in [1.82, 2.24) is 4.90 Å². The minimum atomic E-state index is -0.111. The lowest BCUT2D eigenvalue weighted by Gasteiger charge is -2.29. The number of benzene rings is 1. The topological polar surface area (TPSA) is 40.6 Å². The molecule has 2 saturated heterocycles. The zero-order valence-corrected chi connectivity index (χ0v) is 17.6. The van der Waals surface area contributed by atoms with Crippen LogP contribution in [0.15, 0.2) is 23.1 Å². The number of carbonyl (C=O) groups is 2. The molecule has 0 radical (unpaired) electrons. The Hall–Kier alpha value is -1.75. The molecule has 28 heavy (non-hydrogen) atoms. The minimum absolute atomic E-state index is 0.107. The highest BCUT2D eigenvalue weighted by molar-refractivity contribution is 8.18. The van der Waals surface area contributed by atoms with Gasteiger partial charge in [0.05, 0.1) is 4.91 Å². The monoisotopic (exact) mass is 398 g/mol. The molecular formula is C23H30N2O2S. The van der Waals surface area contributed by atoms with E-state index in [9.17, 15) is 9.59 Å². The van der Waals surface area contributed by atoms with E-state index >= 15 is 0 Å². The number of hydrogen-bond acceptors (Lipinski definition) is 4. The fourth-order valence-electron chi connectivity index (χ4n) is 4.60. The number of aryl methyl sites for hydroxylation is 1. The van der Waals surface area contributed by atoms with Gasteiger partial charge in [-0.2, -0.15) is 0 Å². The summed E-state index contributed by atoms with van der Waals surface area (Å²) in [6.07, 6.45) is 11.7. The van der Waals surface area contributed by atoms with Crippen molar-refractivity contribution >= 4 is 34.7 Å². The van der Waals surface area contributed by atoms with Crippen LogP contribution in [0.4, 0.5) is 10.5 Å². The summed E-state index contributed by atoms with van der Waals surface area (Å²) < 4.78 is 0. The van der Waals surface area contributed by atoms with Crippen molar-refractivity contribution in [1.29, 1.82) is 0 Å². The Labute approximate surface area is 172 Å². The molecule has 0 aromatic heterocycles. The van der Waals surface area contributed by atoms with Crippen molar-refractivity contribution in [3.8, 4) is 0 Å². The maximum Gasteiger partial charge on any atom is 0.293 e. The summed E-state index contributed by atoms with van der Waals surface area (Å²) in [5.41, 5.74) is 3.45. The van der Waals surface area contributed by atoms with Crippen LogP contribution in [0.25, 0.3) is 6.08 Å². The minimum Gasteiger partial charge on any atom is -0.372 e. The molecule has 0 bridgehead atoms. The highest BCUT2D eigenvalue weighted by atomic mass is 32.2. The van der Waals surface area contributed by atoms with Gasteiger partial charge in [0.15, 0.2) is 0 Å². The molecule has 4 nitrogen and oxygen atoms in total. The van der Waals surface area contributed by atoms with Crippen molar-refractivity contribution in [3.63, 3.8) is 0 Å². The maximum absolute atomic E-state index is 12.8. The van der Waals surface area contributed by atoms with Crippen molar-refractivity contribution in [2.24, 2.45) is 5.92 Å². The van der Waals surface area contributed by atoms with Crippen molar-refractivity contribution in [3.05, 3.63) is 34.2 Å². The third-order valence-electron chi connectivity index (χ3n) is 6.30. The highest BCUT2D eigenvalue weighted by Gasteiger charge is 2.36. The molecule has 0 spiro atoms. The van der Waals surface area contributed by atoms with E-state index in [-0.39, 0.29) is 11.1 Å². The quantitative estimate of drug-likeness (QED) is 0.619. The third kappa shape index (κ3) is 4.29. The molecule has 3 aliphatic rings. The van der Waals surface area contributed by atoms with Crippen LogP contribution in [0.5, 0.6) is 0 Å². The van der Waals surface area contributed by atoms with Gasteiger partial charge in [0.1, 0.15) is 0 Å². The second-order valence-electron chi connectivity index (χ2n) is 8.38. The zero-order chi connectivity index (χ0) is 19.5. The summed E-state index contributed by atoms with van der Waals surface area (Å²) in [5, 5.41) is -0.107. The number of amides is 2. The Bertz CT molecular complexity index is 777. The summed E-state index contributed by atoms with van der Waals surface area (Å²) in [6.45, 7) is 4.93. The zero-order valence-electron chi connectivity index (χ0n) is 16.8. The lowest BCUT2D eigenvalue weighted by atomic mass is 9.89. The van der Waals surface area contributed by atoms with Crippen LogP contribution in [0, 0.1) is 12.8 Å². The standard InChI is InChI=1S/C23H30N2O2S/c1-17-14-20(24-12-6-3-7-13-24)11-10-19(17)15-21-22(26)25(23(27)28-21)16-18-8-4-2-5-9-18/h10-11,14-15,18H,2-9,12-13,16H2,1H3/b21-15+. The summed E-state index contributed by atoms with van der Waals surface area (Å²) in [5.74, 6) is 0.368. The molecule has 1 aromatic carbocycles. The number of hydrogen-bond donors (Lipinski definition) is 0. The van der Waals surface area contributed by atoms with Gasteiger partial charge in [-0.05, 0) is 86.0 Å². The Morgan fingerprint density at radius 3 is 2.46 bits per heavy atom. The predicted molar refractivity (Wildman–Crippen MR) is 116 cm³/mol. The molecule has 2 heterocycles. The van der Waals surface area contributed by atoms with E-state index in [0.29, 0.717) is 17.4 Å². The van der Waals surface area contributed by atoms with Crippen LogP contribution in [0.2, 0.25) is 0 Å². The largest absolute Gasteiger partial charge is 0.372 e. The van der Waals surface area contributed by atoms with Crippen molar-refractivity contribution in [2.45, 2.75) is 58.3 Å². The lowest BCUT2D eigenvalue weighted by Crippen LogP contribution is -2.34. The van der Waals surface area contributed by atoms with Crippen molar-refractivity contribution in [2.75, 3.05) is 24.5 Å². The molecule has 5 heteroatoms. The van der Waals surface area contributed by atoms with Gasteiger partial charge < -0.3 is 4.90 Å². The fraction of sp³-hybridized carbons (Fsp3) is 0.565. The molecule has 1 aliphatic carbocycles. The average Bonchev–Trinajstić information content (AvgIpc) is 2.98. The average molecular weight is 399 g/mol. The van der Waals surface area contributed by atoms with Gasteiger partial charge in [-0.3, -0.25) is 14.5 Å². The smallest absolute Gasteiger partial charge is 0.293 e. The van der Waals surface area contributed by atoms with Gasteiger partial charge in [0.25, 0.3) is 11.1 Å². The molecular weight excluding hydrogens is 368 g/mol. The molecule has 3 fully saturated rings. The van der Waals surface area contributed by atoms with Gasteiger partial charge in [-0.1, -0.05) is 25.3 Å². The maximum atomic E-state index is 12.8. The number of nitrogens with zero attached hydrogens (tertiary/aromatic N) is 2. The highest BCUT2D eigenvalue weighted by Crippen LogP contribution is 2.35. The summed E-state index contributed by atoms with van der Waals surface area (Å²) in [6, 6.07) is 6.45. The predicted octanol–water partition coefficient (Wildman–Crippen LogP) is 5.60. The van der Waals surface area contributed by atoms with Crippen LogP contribution in [0.1, 0.15) is 62.5 Å². The number of thioether (sulfide) groups is 1. The van der Waals surface area contributed by atoms with E-state index < -0.39 is 0 Å². The number of carbonyl (C=O) groups excluding carboxylic acids is 2. The van der Waals surface area contributed by atoms with Gasteiger partial charge >= 0.3 is 0 Å². The molecule has 1 aromatic rings. The van der Waals surface area contributed by atoms with Crippen LogP contribution in [-0.4, -0.2) is 35.7 Å². The fourth-order valence-corrected chi connectivity index (χ4v) is 5.44. The summed E-state index contributed by atoms with van der Waals surface area (Å²) >= 11 is 1.09. The molecule has 0 unspecified atom stereocenters. The number of anilines is 1. The Balaban J connectivity index is 1.47. The van der Waals surface area contributed by atoms with E-state index in [1.165, 1.54) is 49.1 Å². The first-order valence-corrected chi connectivity index (χ1v) is 11.5. The Morgan fingerprint density at radius 1 is 1.04 bits per heavy atom. The normalized spacial score (nSPS) is 23.1. The molecule has 1 saturated carbocycles. The van der Waals surface area contributed by atoms with E-state index in [2.05, 4.69) is 30.0 Å². The van der Waals surface area contributed by atoms with Crippen LogP contribution in [0.3, 0.4) is 0 Å². The molecule has 2 aliphatic heterocycles. The summed E-state index contributed by atoms with van der Waals surface area (Å²) in [4.78, 5) is 29.7. The van der Waals surface area contributed by atoms with E-state index in [0.717, 1.165) is 48.8 Å². The van der Waals surface area contributed by atoms with E-state index in [4.69, 9.17) is 0 Å². The second kappa shape index (κ2) is 8.73. The number of piperidine rings is 1. The Kier molecular flexibility index (Phi) is 6.10. The van der Waals surface area contributed by atoms with Crippen LogP contribution in [-0.2, 0) is 4.79 Å². The van der Waals surface area contributed by atoms with Gasteiger partial charge in [-0.25, -0.2) is 0 Å². The second-order valence-corrected chi connectivity index (χ2v) is 9.38. The first-order chi connectivity index (χ1) is 13.6. The number of rotatable bonds is 4.